The maximum Gasteiger partial charge on any atom is 0.352 e. The van der Waals surface area contributed by atoms with Crippen LogP contribution in [0.5, 0.6) is 0 Å². The van der Waals surface area contributed by atoms with Crippen LogP contribution in [0, 0.1) is 0 Å². The second-order valence-corrected chi connectivity index (χ2v) is 4.34. The maximum absolute atomic E-state index is 11.0. The first-order valence-corrected chi connectivity index (χ1v) is 5.43. The number of hydrogen-bond donors (Lipinski definition) is 1. The lowest BCUT2D eigenvalue weighted by Gasteiger charge is -2.06. The summed E-state index contributed by atoms with van der Waals surface area (Å²) in [5.41, 5.74) is 1.21. The summed E-state index contributed by atoms with van der Waals surface area (Å²) < 4.78 is 4.15. The molecule has 0 aliphatic rings. The summed E-state index contributed by atoms with van der Waals surface area (Å²) in [5.74, 6) is -0.937. The van der Waals surface area contributed by atoms with Crippen molar-refractivity contribution in [3.05, 3.63) is 40.4 Å². The third-order valence-electron chi connectivity index (χ3n) is 2.34. The average Bonchev–Trinajstić information content (AvgIpc) is 2.75. The van der Waals surface area contributed by atoms with Gasteiger partial charge in [-0.25, -0.2) is 4.79 Å². The first kappa shape index (κ1) is 10.9. The molecule has 0 bridgehead atoms. The molecule has 2 aromatic rings. The first-order valence-electron chi connectivity index (χ1n) is 4.64. The highest BCUT2D eigenvalue weighted by atomic mass is 79.9. The van der Waals surface area contributed by atoms with Gasteiger partial charge in [0.2, 0.25) is 0 Å². The van der Waals surface area contributed by atoms with Gasteiger partial charge < -0.3 is 9.67 Å². The summed E-state index contributed by atoms with van der Waals surface area (Å²) >= 11 is 3.27. The number of aromatic carboxylic acids is 1. The molecule has 0 radical (unpaired) electrons. The molecule has 6 heteroatoms. The Bertz CT molecular complexity index is 530. The van der Waals surface area contributed by atoms with Crippen molar-refractivity contribution in [3.8, 4) is 0 Å². The van der Waals surface area contributed by atoms with Crippen molar-refractivity contribution in [2.75, 3.05) is 0 Å². The second-order valence-electron chi connectivity index (χ2n) is 3.42. The van der Waals surface area contributed by atoms with E-state index in [4.69, 9.17) is 5.11 Å². The number of carboxylic acid groups (broad SMARTS) is 1. The Balaban J connectivity index is 2.34. The van der Waals surface area contributed by atoms with Crippen LogP contribution < -0.4 is 0 Å². The van der Waals surface area contributed by atoms with Gasteiger partial charge in [0.1, 0.15) is 5.69 Å². The molecule has 0 amide bonds. The number of aryl methyl sites for hydroxylation is 1. The molecule has 5 nitrogen and oxygen atoms in total. The van der Waals surface area contributed by atoms with E-state index in [9.17, 15) is 4.79 Å². The molecule has 0 aromatic carbocycles. The lowest BCUT2D eigenvalue weighted by Crippen LogP contribution is -2.10. The van der Waals surface area contributed by atoms with Crippen molar-refractivity contribution in [3.63, 3.8) is 0 Å². The zero-order valence-electron chi connectivity index (χ0n) is 8.59. The van der Waals surface area contributed by atoms with Crippen LogP contribution in [0.15, 0.2) is 29.0 Å². The van der Waals surface area contributed by atoms with E-state index in [-0.39, 0.29) is 5.69 Å². The van der Waals surface area contributed by atoms with Gasteiger partial charge in [0.05, 0.1) is 12.2 Å². The highest BCUT2D eigenvalue weighted by Crippen LogP contribution is 2.16. The molecule has 0 unspecified atom stereocenters. The van der Waals surface area contributed by atoms with Crippen molar-refractivity contribution in [2.45, 2.75) is 6.54 Å². The van der Waals surface area contributed by atoms with Crippen molar-refractivity contribution in [1.29, 1.82) is 0 Å². The average molecular weight is 284 g/mol. The Morgan fingerprint density at radius 3 is 2.94 bits per heavy atom. The molecule has 0 spiro atoms. The van der Waals surface area contributed by atoms with Gasteiger partial charge in [0, 0.05) is 23.9 Å². The Kier molecular flexibility index (Phi) is 2.82. The summed E-state index contributed by atoms with van der Waals surface area (Å²) in [6.45, 7) is 0.490. The molecular weight excluding hydrogens is 274 g/mol. The number of halogens is 1. The smallest absolute Gasteiger partial charge is 0.352 e. The Morgan fingerprint density at radius 1 is 1.62 bits per heavy atom. The molecule has 84 valence electrons. The number of carbonyl (C=O) groups is 1. The fourth-order valence-electron chi connectivity index (χ4n) is 1.52. The van der Waals surface area contributed by atoms with Crippen LogP contribution in [0.2, 0.25) is 0 Å². The molecule has 0 saturated carbocycles. The normalized spacial score (nSPS) is 10.6. The van der Waals surface area contributed by atoms with E-state index in [0.29, 0.717) is 6.54 Å². The quantitative estimate of drug-likeness (QED) is 0.933. The zero-order chi connectivity index (χ0) is 11.7. The van der Waals surface area contributed by atoms with E-state index in [1.54, 1.807) is 27.7 Å². The maximum atomic E-state index is 11.0. The molecular formula is C10H10BrN3O2. The third kappa shape index (κ3) is 2.01. The summed E-state index contributed by atoms with van der Waals surface area (Å²) in [6, 6.07) is 3.44. The van der Waals surface area contributed by atoms with E-state index < -0.39 is 5.97 Å². The topological polar surface area (TPSA) is 60.0 Å². The molecule has 0 aliphatic carbocycles. The van der Waals surface area contributed by atoms with Crippen LogP contribution >= 0.6 is 15.9 Å². The van der Waals surface area contributed by atoms with Gasteiger partial charge in [0.15, 0.2) is 0 Å². The molecule has 0 fully saturated rings. The SMILES string of the molecule is Cn1nccc1Cn1cc(Br)cc1C(=O)O. The van der Waals surface area contributed by atoms with E-state index in [0.717, 1.165) is 10.2 Å². The van der Waals surface area contributed by atoms with E-state index in [1.807, 2.05) is 13.1 Å². The fraction of sp³-hybridized carbons (Fsp3) is 0.200. The van der Waals surface area contributed by atoms with Gasteiger partial charge in [0.25, 0.3) is 0 Å². The molecule has 0 aliphatic heterocycles. The summed E-state index contributed by atoms with van der Waals surface area (Å²) in [5, 5.41) is 13.1. The predicted octanol–water partition coefficient (Wildman–Crippen LogP) is 1.73. The van der Waals surface area contributed by atoms with E-state index in [1.165, 1.54) is 0 Å². The number of rotatable bonds is 3. The van der Waals surface area contributed by atoms with E-state index >= 15 is 0 Å². The largest absolute Gasteiger partial charge is 0.477 e. The molecule has 16 heavy (non-hydrogen) atoms. The van der Waals surface area contributed by atoms with Crippen molar-refractivity contribution in [1.82, 2.24) is 14.3 Å². The standard InChI is InChI=1S/C10H10BrN3O2/c1-13-8(2-3-12-13)6-14-5-7(11)4-9(14)10(15)16/h2-5H,6H2,1H3,(H,15,16). The van der Waals surface area contributed by atoms with Crippen LogP contribution in [0.25, 0.3) is 0 Å². The Hall–Kier alpha value is -1.56. The Morgan fingerprint density at radius 2 is 2.38 bits per heavy atom. The van der Waals surface area contributed by atoms with Crippen LogP contribution in [-0.2, 0) is 13.6 Å². The van der Waals surface area contributed by atoms with Crippen molar-refractivity contribution >= 4 is 21.9 Å². The van der Waals surface area contributed by atoms with Gasteiger partial charge in [-0.3, -0.25) is 4.68 Å². The monoisotopic (exact) mass is 283 g/mol. The highest BCUT2D eigenvalue weighted by molar-refractivity contribution is 9.10. The third-order valence-corrected chi connectivity index (χ3v) is 2.77. The molecule has 2 aromatic heterocycles. The van der Waals surface area contributed by atoms with Gasteiger partial charge in [-0.1, -0.05) is 0 Å². The van der Waals surface area contributed by atoms with Gasteiger partial charge in [-0.2, -0.15) is 5.10 Å². The van der Waals surface area contributed by atoms with Crippen LogP contribution in [0.3, 0.4) is 0 Å². The predicted molar refractivity (Wildman–Crippen MR) is 61.4 cm³/mol. The molecule has 0 saturated heterocycles. The van der Waals surface area contributed by atoms with Crippen molar-refractivity contribution < 1.29 is 9.90 Å². The lowest BCUT2D eigenvalue weighted by molar-refractivity contribution is 0.0685. The molecule has 2 rings (SSSR count). The minimum absolute atomic E-state index is 0.257. The molecule has 0 atom stereocenters. The molecule has 1 N–H and O–H groups in total. The van der Waals surface area contributed by atoms with E-state index in [2.05, 4.69) is 21.0 Å². The van der Waals surface area contributed by atoms with Crippen LogP contribution in [-0.4, -0.2) is 25.4 Å². The Labute approximate surface area is 100 Å². The summed E-state index contributed by atoms with van der Waals surface area (Å²) in [6.07, 6.45) is 3.44. The summed E-state index contributed by atoms with van der Waals surface area (Å²) in [7, 11) is 1.83. The minimum Gasteiger partial charge on any atom is -0.477 e. The van der Waals surface area contributed by atoms with Gasteiger partial charge >= 0.3 is 5.97 Å². The summed E-state index contributed by atoms with van der Waals surface area (Å²) in [4.78, 5) is 11.0. The van der Waals surface area contributed by atoms with Crippen LogP contribution in [0.1, 0.15) is 16.2 Å². The number of nitrogens with zero attached hydrogens (tertiary/aromatic N) is 3. The van der Waals surface area contributed by atoms with Crippen molar-refractivity contribution in [2.24, 2.45) is 7.05 Å². The number of hydrogen-bond acceptors (Lipinski definition) is 2. The minimum atomic E-state index is -0.937. The lowest BCUT2D eigenvalue weighted by atomic mass is 10.4. The van der Waals surface area contributed by atoms with Gasteiger partial charge in [-0.15, -0.1) is 0 Å². The first-order chi connectivity index (χ1) is 7.58. The second kappa shape index (κ2) is 4.13. The molecule has 2 heterocycles. The van der Waals surface area contributed by atoms with Crippen LogP contribution in [0.4, 0.5) is 0 Å². The van der Waals surface area contributed by atoms with Gasteiger partial charge in [-0.05, 0) is 28.1 Å². The zero-order valence-corrected chi connectivity index (χ0v) is 10.2. The highest BCUT2D eigenvalue weighted by Gasteiger charge is 2.12. The fourth-order valence-corrected chi connectivity index (χ4v) is 1.98. The number of carboxylic acids is 1. The number of aromatic nitrogens is 3.